The SMILES string of the molecule is CCCC(C#N)N1CCN(C(=O)c2cc(Br)sc2Br)CC1. The first-order valence-corrected chi connectivity index (χ1v) is 9.34. The highest BCUT2D eigenvalue weighted by atomic mass is 79.9. The summed E-state index contributed by atoms with van der Waals surface area (Å²) >= 11 is 8.35. The molecule has 0 spiro atoms. The van der Waals surface area contributed by atoms with Gasteiger partial charge in [-0.05, 0) is 44.3 Å². The number of carbonyl (C=O) groups is 1. The van der Waals surface area contributed by atoms with Gasteiger partial charge in [0, 0.05) is 26.2 Å². The van der Waals surface area contributed by atoms with Crippen LogP contribution >= 0.6 is 43.2 Å². The van der Waals surface area contributed by atoms with Crippen LogP contribution < -0.4 is 0 Å². The molecule has 1 saturated heterocycles. The van der Waals surface area contributed by atoms with Crippen LogP contribution in [-0.2, 0) is 0 Å². The zero-order valence-electron chi connectivity index (χ0n) is 11.8. The van der Waals surface area contributed by atoms with Crippen molar-refractivity contribution in [2.24, 2.45) is 0 Å². The van der Waals surface area contributed by atoms with Gasteiger partial charge >= 0.3 is 0 Å². The lowest BCUT2D eigenvalue weighted by atomic mass is 10.1. The third-order valence-corrected chi connectivity index (χ3v) is 5.98. The normalized spacial score (nSPS) is 17.5. The summed E-state index contributed by atoms with van der Waals surface area (Å²) in [7, 11) is 0. The van der Waals surface area contributed by atoms with Crippen LogP contribution in [0.2, 0.25) is 0 Å². The fraction of sp³-hybridized carbons (Fsp3) is 0.571. The van der Waals surface area contributed by atoms with E-state index < -0.39 is 0 Å². The minimum atomic E-state index is -0.0192. The van der Waals surface area contributed by atoms with E-state index in [1.165, 1.54) is 11.3 Å². The van der Waals surface area contributed by atoms with E-state index in [4.69, 9.17) is 0 Å². The predicted molar refractivity (Wildman–Crippen MR) is 91.5 cm³/mol. The zero-order valence-corrected chi connectivity index (χ0v) is 15.8. The molecule has 0 aliphatic carbocycles. The molecule has 0 radical (unpaired) electrons. The van der Waals surface area contributed by atoms with Gasteiger partial charge in [0.1, 0.15) is 0 Å². The van der Waals surface area contributed by atoms with E-state index in [-0.39, 0.29) is 11.9 Å². The molecule has 2 heterocycles. The summed E-state index contributed by atoms with van der Waals surface area (Å²) in [5.41, 5.74) is 0.714. The Labute approximate surface area is 146 Å². The van der Waals surface area contributed by atoms with Gasteiger partial charge in [-0.1, -0.05) is 13.3 Å². The fourth-order valence-corrected chi connectivity index (χ4v) is 5.27. The van der Waals surface area contributed by atoms with Crippen LogP contribution in [0.3, 0.4) is 0 Å². The number of carbonyl (C=O) groups excluding carboxylic acids is 1. The lowest BCUT2D eigenvalue weighted by Crippen LogP contribution is -2.51. The molecule has 4 nitrogen and oxygen atoms in total. The molecule has 1 aromatic rings. The molecule has 0 N–H and O–H groups in total. The summed E-state index contributed by atoms with van der Waals surface area (Å²) in [6, 6.07) is 4.21. The molecule has 1 aromatic heterocycles. The van der Waals surface area contributed by atoms with Gasteiger partial charge in [0.25, 0.3) is 5.91 Å². The van der Waals surface area contributed by atoms with E-state index in [0.717, 1.165) is 33.5 Å². The number of hydrogen-bond donors (Lipinski definition) is 0. The Balaban J connectivity index is 1.96. The molecule has 1 fully saturated rings. The van der Waals surface area contributed by atoms with Crippen molar-refractivity contribution in [2.45, 2.75) is 25.8 Å². The summed E-state index contributed by atoms with van der Waals surface area (Å²) in [6.45, 7) is 5.00. The lowest BCUT2D eigenvalue weighted by molar-refractivity contribution is 0.0601. The lowest BCUT2D eigenvalue weighted by Gasteiger charge is -2.36. The summed E-state index contributed by atoms with van der Waals surface area (Å²) in [6.07, 6.45) is 1.90. The Kier molecular flexibility index (Phi) is 6.23. The largest absolute Gasteiger partial charge is 0.336 e. The Morgan fingerprint density at radius 3 is 2.57 bits per heavy atom. The number of piperazine rings is 1. The molecule has 0 aromatic carbocycles. The number of nitrogens with zero attached hydrogens (tertiary/aromatic N) is 3. The molecule has 1 aliphatic heterocycles. The molecule has 1 amide bonds. The van der Waals surface area contributed by atoms with Crippen LogP contribution in [0.1, 0.15) is 30.1 Å². The number of halogens is 2. The number of amides is 1. The van der Waals surface area contributed by atoms with Crippen LogP contribution in [0, 0.1) is 11.3 Å². The first-order chi connectivity index (χ1) is 10.1. The second-order valence-corrected chi connectivity index (χ2v) is 8.75. The highest BCUT2D eigenvalue weighted by Gasteiger charge is 2.27. The van der Waals surface area contributed by atoms with Crippen molar-refractivity contribution in [3.05, 3.63) is 19.2 Å². The smallest absolute Gasteiger partial charge is 0.255 e. The molecule has 0 saturated carbocycles. The monoisotopic (exact) mass is 433 g/mol. The van der Waals surface area contributed by atoms with E-state index >= 15 is 0 Å². The number of hydrogen-bond acceptors (Lipinski definition) is 4. The number of thiophene rings is 1. The van der Waals surface area contributed by atoms with Crippen LogP contribution in [0.25, 0.3) is 0 Å². The van der Waals surface area contributed by atoms with Gasteiger partial charge in [0.15, 0.2) is 0 Å². The van der Waals surface area contributed by atoms with Crippen molar-refractivity contribution >= 4 is 49.1 Å². The standard InChI is InChI=1S/C14H17Br2N3OS/c1-2-3-10(9-17)18-4-6-19(7-5-18)14(20)11-8-12(15)21-13(11)16/h8,10H,2-7H2,1H3. The molecule has 7 heteroatoms. The molecule has 1 unspecified atom stereocenters. The Morgan fingerprint density at radius 2 is 2.10 bits per heavy atom. The van der Waals surface area contributed by atoms with Crippen molar-refractivity contribution < 1.29 is 4.79 Å². The highest BCUT2D eigenvalue weighted by Crippen LogP contribution is 2.32. The van der Waals surface area contributed by atoms with Crippen molar-refractivity contribution in [3.63, 3.8) is 0 Å². The summed E-state index contributed by atoms with van der Waals surface area (Å²) in [5.74, 6) is 0.0625. The van der Waals surface area contributed by atoms with E-state index in [2.05, 4.69) is 49.8 Å². The van der Waals surface area contributed by atoms with Crippen molar-refractivity contribution in [1.29, 1.82) is 5.26 Å². The molecule has 2 rings (SSSR count). The summed E-state index contributed by atoms with van der Waals surface area (Å²) in [5, 5.41) is 9.22. The molecule has 21 heavy (non-hydrogen) atoms. The average molecular weight is 435 g/mol. The van der Waals surface area contributed by atoms with Gasteiger partial charge in [-0.3, -0.25) is 9.69 Å². The Hall–Kier alpha value is -0.420. The molecule has 1 atom stereocenters. The second-order valence-electron chi connectivity index (χ2n) is 5.00. The van der Waals surface area contributed by atoms with Crippen LogP contribution in [0.15, 0.2) is 13.6 Å². The molecule has 1 aliphatic rings. The van der Waals surface area contributed by atoms with Crippen LogP contribution in [0.5, 0.6) is 0 Å². The minimum absolute atomic E-state index is 0.0192. The Morgan fingerprint density at radius 1 is 1.43 bits per heavy atom. The van der Waals surface area contributed by atoms with Crippen molar-refractivity contribution in [2.75, 3.05) is 26.2 Å². The maximum Gasteiger partial charge on any atom is 0.255 e. The van der Waals surface area contributed by atoms with Gasteiger partial charge in [-0.15, -0.1) is 11.3 Å². The topological polar surface area (TPSA) is 47.3 Å². The predicted octanol–water partition coefficient (Wildman–Crippen LogP) is 3.72. The maximum absolute atomic E-state index is 12.5. The van der Waals surface area contributed by atoms with Gasteiger partial charge in [-0.25, -0.2) is 0 Å². The number of rotatable bonds is 4. The van der Waals surface area contributed by atoms with E-state index in [0.29, 0.717) is 18.7 Å². The van der Waals surface area contributed by atoms with Crippen LogP contribution in [0.4, 0.5) is 0 Å². The summed E-state index contributed by atoms with van der Waals surface area (Å²) in [4.78, 5) is 16.6. The fourth-order valence-electron chi connectivity index (χ4n) is 2.50. The van der Waals surface area contributed by atoms with Crippen molar-refractivity contribution in [3.8, 4) is 6.07 Å². The van der Waals surface area contributed by atoms with Gasteiger partial charge in [0.05, 0.1) is 25.2 Å². The second kappa shape index (κ2) is 7.73. The number of nitriles is 1. The maximum atomic E-state index is 12.5. The first kappa shape index (κ1) is 16.9. The molecule has 114 valence electrons. The van der Waals surface area contributed by atoms with E-state index in [1.807, 2.05) is 11.0 Å². The third kappa shape index (κ3) is 4.07. The molecular formula is C14H17Br2N3OS. The van der Waals surface area contributed by atoms with E-state index in [1.54, 1.807) is 0 Å². The molecular weight excluding hydrogens is 418 g/mol. The van der Waals surface area contributed by atoms with E-state index in [9.17, 15) is 10.1 Å². The summed E-state index contributed by atoms with van der Waals surface area (Å²) < 4.78 is 1.81. The first-order valence-electron chi connectivity index (χ1n) is 6.94. The Bertz CT molecular complexity index is 547. The quantitative estimate of drug-likeness (QED) is 0.725. The van der Waals surface area contributed by atoms with Gasteiger partial charge < -0.3 is 4.90 Å². The minimum Gasteiger partial charge on any atom is -0.336 e. The molecule has 0 bridgehead atoms. The highest BCUT2D eigenvalue weighted by molar-refractivity contribution is 9.12. The average Bonchev–Trinajstić information content (AvgIpc) is 2.83. The van der Waals surface area contributed by atoms with Crippen molar-refractivity contribution in [1.82, 2.24) is 9.80 Å². The van der Waals surface area contributed by atoms with Crippen LogP contribution in [-0.4, -0.2) is 47.9 Å². The zero-order chi connectivity index (χ0) is 15.4. The van der Waals surface area contributed by atoms with Gasteiger partial charge in [-0.2, -0.15) is 5.26 Å². The third-order valence-electron chi connectivity index (χ3n) is 3.64. The van der Waals surface area contributed by atoms with Gasteiger partial charge in [0.2, 0.25) is 0 Å².